The predicted molar refractivity (Wildman–Crippen MR) is 117 cm³/mol. The van der Waals surface area contributed by atoms with Crippen molar-refractivity contribution in [3.8, 4) is 6.07 Å². The molecule has 0 radical (unpaired) electrons. The molecular formula is C24H19N5O. The van der Waals surface area contributed by atoms with E-state index in [0.29, 0.717) is 23.3 Å². The average Bonchev–Trinajstić information content (AvgIpc) is 2.77. The van der Waals surface area contributed by atoms with E-state index >= 15 is 0 Å². The first-order valence-electron chi connectivity index (χ1n) is 9.50. The number of nitriles is 1. The zero-order valence-corrected chi connectivity index (χ0v) is 16.4. The Kier molecular flexibility index (Phi) is 5.35. The summed E-state index contributed by atoms with van der Waals surface area (Å²) in [7, 11) is 0. The van der Waals surface area contributed by atoms with Crippen molar-refractivity contribution in [3.05, 3.63) is 95.2 Å². The number of carbonyl (C=O) groups is 1. The molecule has 1 heterocycles. The number of nitrogens with one attached hydrogen (secondary N) is 2. The van der Waals surface area contributed by atoms with Gasteiger partial charge in [0.25, 0.3) is 5.91 Å². The van der Waals surface area contributed by atoms with Gasteiger partial charge in [-0.05, 0) is 48.4 Å². The summed E-state index contributed by atoms with van der Waals surface area (Å²) in [6.45, 7) is 2.54. The Morgan fingerprint density at radius 2 is 1.80 bits per heavy atom. The Balaban J connectivity index is 1.64. The van der Waals surface area contributed by atoms with Crippen LogP contribution in [0.5, 0.6) is 0 Å². The van der Waals surface area contributed by atoms with Crippen LogP contribution in [0.4, 0.5) is 11.5 Å². The largest absolute Gasteiger partial charge is 0.364 e. The van der Waals surface area contributed by atoms with Crippen molar-refractivity contribution in [3.63, 3.8) is 0 Å². The third-order valence-corrected chi connectivity index (χ3v) is 4.73. The van der Waals surface area contributed by atoms with Crippen LogP contribution in [0.1, 0.15) is 27.2 Å². The number of hydrogen-bond donors (Lipinski definition) is 2. The highest BCUT2D eigenvalue weighted by Gasteiger charge is 2.13. The van der Waals surface area contributed by atoms with Crippen molar-refractivity contribution in [2.75, 3.05) is 10.6 Å². The predicted octanol–water partition coefficient (Wildman–Crippen LogP) is 4.67. The third kappa shape index (κ3) is 4.10. The standard InChI is InChI=1S/C24H19N5O/c1-16-6-5-9-19(12-16)27-24(30)18-10-11-20-21(13-18)22(14-25)28-29-23(20)26-15-17-7-3-2-4-8-17/h2-13H,15H2,1H3,(H,26,29)(H,27,30). The van der Waals surface area contributed by atoms with Gasteiger partial charge in [-0.1, -0.05) is 42.5 Å². The molecule has 146 valence electrons. The summed E-state index contributed by atoms with van der Waals surface area (Å²) in [6, 6.07) is 24.8. The van der Waals surface area contributed by atoms with E-state index < -0.39 is 0 Å². The zero-order valence-electron chi connectivity index (χ0n) is 16.4. The fourth-order valence-electron chi connectivity index (χ4n) is 3.22. The van der Waals surface area contributed by atoms with E-state index in [-0.39, 0.29) is 11.6 Å². The first-order valence-corrected chi connectivity index (χ1v) is 9.50. The number of anilines is 2. The molecule has 0 bridgehead atoms. The SMILES string of the molecule is Cc1cccc(NC(=O)c2ccc3c(NCc4ccccc4)nnc(C#N)c3c2)c1. The lowest BCUT2D eigenvalue weighted by atomic mass is 10.1. The van der Waals surface area contributed by atoms with Crippen LogP contribution in [0, 0.1) is 18.3 Å². The van der Waals surface area contributed by atoms with Gasteiger partial charge in [0.2, 0.25) is 0 Å². The van der Waals surface area contributed by atoms with Gasteiger partial charge < -0.3 is 10.6 Å². The smallest absolute Gasteiger partial charge is 0.255 e. The number of rotatable bonds is 5. The van der Waals surface area contributed by atoms with Crippen LogP contribution in [-0.4, -0.2) is 16.1 Å². The van der Waals surface area contributed by atoms with Crippen LogP contribution in [0.25, 0.3) is 10.8 Å². The number of nitrogens with zero attached hydrogens (tertiary/aromatic N) is 3. The number of hydrogen-bond acceptors (Lipinski definition) is 5. The van der Waals surface area contributed by atoms with Gasteiger partial charge in [-0.2, -0.15) is 5.26 Å². The van der Waals surface area contributed by atoms with Crippen molar-refractivity contribution in [2.45, 2.75) is 13.5 Å². The van der Waals surface area contributed by atoms with E-state index in [1.165, 1.54) is 0 Å². The van der Waals surface area contributed by atoms with Gasteiger partial charge in [0.15, 0.2) is 11.5 Å². The second-order valence-electron chi connectivity index (χ2n) is 6.93. The van der Waals surface area contributed by atoms with Gasteiger partial charge in [-0.3, -0.25) is 4.79 Å². The lowest BCUT2D eigenvalue weighted by Gasteiger charge is -2.11. The lowest BCUT2D eigenvalue weighted by molar-refractivity contribution is 0.102. The highest BCUT2D eigenvalue weighted by atomic mass is 16.1. The molecule has 0 atom stereocenters. The highest BCUT2D eigenvalue weighted by Crippen LogP contribution is 2.25. The molecule has 3 aromatic carbocycles. The van der Waals surface area contributed by atoms with Crippen LogP contribution >= 0.6 is 0 Å². The summed E-state index contributed by atoms with van der Waals surface area (Å²) in [4.78, 5) is 12.7. The van der Waals surface area contributed by atoms with Crippen LogP contribution < -0.4 is 10.6 Å². The molecule has 4 aromatic rings. The molecular weight excluding hydrogens is 374 g/mol. The third-order valence-electron chi connectivity index (χ3n) is 4.73. The minimum atomic E-state index is -0.248. The number of aromatic nitrogens is 2. The average molecular weight is 393 g/mol. The normalized spacial score (nSPS) is 10.4. The zero-order chi connectivity index (χ0) is 20.9. The molecule has 6 heteroatoms. The van der Waals surface area contributed by atoms with Crippen molar-refractivity contribution in [1.29, 1.82) is 5.26 Å². The van der Waals surface area contributed by atoms with E-state index in [9.17, 15) is 10.1 Å². The summed E-state index contributed by atoms with van der Waals surface area (Å²) in [6.07, 6.45) is 0. The summed E-state index contributed by atoms with van der Waals surface area (Å²) < 4.78 is 0. The Bertz CT molecular complexity index is 1260. The maximum absolute atomic E-state index is 12.7. The molecule has 0 fully saturated rings. The van der Waals surface area contributed by atoms with Crippen LogP contribution in [0.2, 0.25) is 0 Å². The lowest BCUT2D eigenvalue weighted by Crippen LogP contribution is -2.12. The van der Waals surface area contributed by atoms with Gasteiger partial charge >= 0.3 is 0 Å². The summed E-state index contributed by atoms with van der Waals surface area (Å²) in [5, 5.41) is 25.1. The second kappa shape index (κ2) is 8.41. The van der Waals surface area contributed by atoms with Gasteiger partial charge in [-0.25, -0.2) is 0 Å². The minimum absolute atomic E-state index is 0.181. The molecule has 6 nitrogen and oxygen atoms in total. The van der Waals surface area contributed by atoms with E-state index in [1.54, 1.807) is 18.2 Å². The van der Waals surface area contributed by atoms with Crippen molar-refractivity contribution in [2.24, 2.45) is 0 Å². The maximum Gasteiger partial charge on any atom is 0.255 e. The topological polar surface area (TPSA) is 90.7 Å². The second-order valence-corrected chi connectivity index (χ2v) is 6.93. The number of aryl methyl sites for hydroxylation is 1. The molecule has 0 aliphatic carbocycles. The molecule has 0 aliphatic heterocycles. The number of amides is 1. The molecule has 2 N–H and O–H groups in total. The quantitative estimate of drug-likeness (QED) is 0.514. The number of fused-ring (bicyclic) bond motifs is 1. The summed E-state index contributed by atoms with van der Waals surface area (Å²) in [5.74, 6) is 0.320. The van der Waals surface area contributed by atoms with Crippen LogP contribution in [0.3, 0.4) is 0 Å². The molecule has 0 saturated carbocycles. The molecule has 4 rings (SSSR count). The van der Waals surface area contributed by atoms with E-state index in [1.807, 2.05) is 61.5 Å². The van der Waals surface area contributed by atoms with Crippen molar-refractivity contribution in [1.82, 2.24) is 10.2 Å². The number of benzene rings is 3. The fraction of sp³-hybridized carbons (Fsp3) is 0.0833. The molecule has 0 spiro atoms. The minimum Gasteiger partial charge on any atom is -0.364 e. The Hall–Kier alpha value is -4.24. The van der Waals surface area contributed by atoms with Gasteiger partial charge in [0, 0.05) is 28.6 Å². The molecule has 1 aromatic heterocycles. The molecule has 1 amide bonds. The molecule has 0 unspecified atom stereocenters. The first kappa shape index (κ1) is 19.1. The van der Waals surface area contributed by atoms with Crippen molar-refractivity contribution < 1.29 is 4.79 Å². The molecule has 0 saturated heterocycles. The van der Waals surface area contributed by atoms with Gasteiger partial charge in [0.05, 0.1) is 0 Å². The summed E-state index contributed by atoms with van der Waals surface area (Å²) in [5.41, 5.74) is 3.51. The maximum atomic E-state index is 12.7. The van der Waals surface area contributed by atoms with E-state index in [4.69, 9.17) is 0 Å². The van der Waals surface area contributed by atoms with E-state index in [2.05, 4.69) is 26.9 Å². The monoisotopic (exact) mass is 393 g/mol. The Labute approximate surface area is 174 Å². The Morgan fingerprint density at radius 1 is 0.967 bits per heavy atom. The van der Waals surface area contributed by atoms with Gasteiger partial charge in [0.1, 0.15) is 6.07 Å². The Morgan fingerprint density at radius 3 is 2.57 bits per heavy atom. The van der Waals surface area contributed by atoms with Gasteiger partial charge in [-0.15, -0.1) is 10.2 Å². The molecule has 0 aliphatic rings. The van der Waals surface area contributed by atoms with Crippen molar-refractivity contribution >= 4 is 28.2 Å². The van der Waals surface area contributed by atoms with Crippen LogP contribution in [0.15, 0.2) is 72.8 Å². The fourth-order valence-corrected chi connectivity index (χ4v) is 3.22. The van der Waals surface area contributed by atoms with Crippen LogP contribution in [-0.2, 0) is 6.54 Å². The highest BCUT2D eigenvalue weighted by molar-refractivity contribution is 6.07. The summed E-state index contributed by atoms with van der Waals surface area (Å²) >= 11 is 0. The number of carbonyl (C=O) groups excluding carboxylic acids is 1. The van der Waals surface area contributed by atoms with E-state index in [0.717, 1.165) is 22.2 Å². The molecule has 30 heavy (non-hydrogen) atoms. The first-order chi connectivity index (χ1) is 14.6.